The molecule has 2 aromatic carbocycles. The molecular formula is C16H17FN2S. The predicted octanol–water partition coefficient (Wildman–Crippen LogP) is 3.03. The summed E-state index contributed by atoms with van der Waals surface area (Å²) < 4.78 is 12.8. The first-order chi connectivity index (χ1) is 9.74. The first-order valence-corrected chi connectivity index (χ1v) is 6.95. The van der Waals surface area contributed by atoms with Crippen molar-refractivity contribution in [1.29, 1.82) is 0 Å². The van der Waals surface area contributed by atoms with E-state index in [1.165, 1.54) is 17.7 Å². The SMILES string of the molecule is Fc1ccc(CNC(=S)NCCc2ccccc2)cc1. The van der Waals surface area contributed by atoms with Gasteiger partial charge in [0.2, 0.25) is 0 Å². The highest BCUT2D eigenvalue weighted by atomic mass is 32.1. The average Bonchev–Trinajstić information content (AvgIpc) is 2.48. The smallest absolute Gasteiger partial charge is 0.166 e. The second kappa shape index (κ2) is 7.60. The Hall–Kier alpha value is -1.94. The molecule has 0 aliphatic carbocycles. The van der Waals surface area contributed by atoms with Gasteiger partial charge in [0, 0.05) is 13.1 Å². The highest BCUT2D eigenvalue weighted by Gasteiger charge is 1.97. The second-order valence-electron chi connectivity index (χ2n) is 4.47. The first kappa shape index (κ1) is 14.5. The lowest BCUT2D eigenvalue weighted by atomic mass is 10.1. The summed E-state index contributed by atoms with van der Waals surface area (Å²) in [5.41, 5.74) is 2.28. The van der Waals surface area contributed by atoms with E-state index >= 15 is 0 Å². The van der Waals surface area contributed by atoms with Crippen molar-refractivity contribution < 1.29 is 4.39 Å². The number of hydrogen-bond donors (Lipinski definition) is 2. The minimum Gasteiger partial charge on any atom is -0.362 e. The fourth-order valence-corrected chi connectivity index (χ4v) is 1.99. The van der Waals surface area contributed by atoms with Gasteiger partial charge < -0.3 is 10.6 Å². The van der Waals surface area contributed by atoms with Gasteiger partial charge in [0.15, 0.2) is 5.11 Å². The van der Waals surface area contributed by atoms with Crippen LogP contribution in [0, 0.1) is 5.82 Å². The lowest BCUT2D eigenvalue weighted by Crippen LogP contribution is -2.35. The molecule has 20 heavy (non-hydrogen) atoms. The number of thiocarbonyl (C=S) groups is 1. The van der Waals surface area contributed by atoms with Gasteiger partial charge in [-0.1, -0.05) is 42.5 Å². The Morgan fingerprint density at radius 1 is 0.900 bits per heavy atom. The molecule has 0 aliphatic rings. The second-order valence-corrected chi connectivity index (χ2v) is 4.88. The molecule has 4 heteroatoms. The van der Waals surface area contributed by atoms with Gasteiger partial charge in [-0.15, -0.1) is 0 Å². The van der Waals surface area contributed by atoms with Gasteiger partial charge in [0.1, 0.15) is 5.82 Å². The molecule has 0 saturated carbocycles. The van der Waals surface area contributed by atoms with Crippen molar-refractivity contribution in [1.82, 2.24) is 10.6 Å². The van der Waals surface area contributed by atoms with Crippen molar-refractivity contribution in [2.24, 2.45) is 0 Å². The van der Waals surface area contributed by atoms with Crippen LogP contribution in [0.25, 0.3) is 0 Å². The van der Waals surface area contributed by atoms with Crippen LogP contribution in [-0.4, -0.2) is 11.7 Å². The predicted molar refractivity (Wildman–Crippen MR) is 84.0 cm³/mol. The van der Waals surface area contributed by atoms with Gasteiger partial charge in [-0.05, 0) is 41.9 Å². The van der Waals surface area contributed by atoms with E-state index < -0.39 is 0 Å². The lowest BCUT2D eigenvalue weighted by molar-refractivity contribution is 0.626. The van der Waals surface area contributed by atoms with Crippen LogP contribution >= 0.6 is 12.2 Å². The molecular weight excluding hydrogens is 271 g/mol. The van der Waals surface area contributed by atoms with E-state index in [1.807, 2.05) is 18.2 Å². The van der Waals surface area contributed by atoms with E-state index in [4.69, 9.17) is 12.2 Å². The summed E-state index contributed by atoms with van der Waals surface area (Å²) in [6, 6.07) is 16.6. The van der Waals surface area contributed by atoms with E-state index in [2.05, 4.69) is 22.8 Å². The molecule has 0 saturated heterocycles. The molecule has 2 nitrogen and oxygen atoms in total. The molecule has 0 aromatic heterocycles. The largest absolute Gasteiger partial charge is 0.362 e. The van der Waals surface area contributed by atoms with Crippen molar-refractivity contribution in [3.63, 3.8) is 0 Å². The van der Waals surface area contributed by atoms with Crippen LogP contribution in [0.2, 0.25) is 0 Å². The maximum atomic E-state index is 12.8. The topological polar surface area (TPSA) is 24.1 Å². The van der Waals surface area contributed by atoms with E-state index in [-0.39, 0.29) is 5.82 Å². The van der Waals surface area contributed by atoms with Crippen molar-refractivity contribution in [3.05, 3.63) is 71.5 Å². The summed E-state index contributed by atoms with van der Waals surface area (Å²) >= 11 is 5.20. The normalized spacial score (nSPS) is 10.1. The maximum absolute atomic E-state index is 12.8. The molecule has 2 N–H and O–H groups in total. The Morgan fingerprint density at radius 2 is 1.60 bits per heavy atom. The Kier molecular flexibility index (Phi) is 5.50. The minimum absolute atomic E-state index is 0.225. The standard InChI is InChI=1S/C16H17FN2S/c17-15-8-6-14(7-9-15)12-19-16(20)18-11-10-13-4-2-1-3-5-13/h1-9H,10-12H2,(H2,18,19,20). The average molecular weight is 288 g/mol. The number of benzene rings is 2. The van der Waals surface area contributed by atoms with Gasteiger partial charge in [0.25, 0.3) is 0 Å². The Balaban J connectivity index is 1.67. The summed E-state index contributed by atoms with van der Waals surface area (Å²) in [7, 11) is 0. The molecule has 0 spiro atoms. The van der Waals surface area contributed by atoms with Gasteiger partial charge in [-0.2, -0.15) is 0 Å². The quantitative estimate of drug-likeness (QED) is 0.827. The highest BCUT2D eigenvalue weighted by molar-refractivity contribution is 7.80. The molecule has 2 aromatic rings. The van der Waals surface area contributed by atoms with Gasteiger partial charge in [-0.25, -0.2) is 4.39 Å². The zero-order valence-electron chi connectivity index (χ0n) is 11.1. The maximum Gasteiger partial charge on any atom is 0.166 e. The monoisotopic (exact) mass is 288 g/mol. The number of rotatable bonds is 5. The van der Waals surface area contributed by atoms with Crippen LogP contribution in [0.4, 0.5) is 4.39 Å². The van der Waals surface area contributed by atoms with Crippen LogP contribution < -0.4 is 10.6 Å². The Morgan fingerprint density at radius 3 is 2.30 bits per heavy atom. The van der Waals surface area contributed by atoms with Crippen LogP contribution in [0.1, 0.15) is 11.1 Å². The molecule has 0 aliphatic heterocycles. The summed E-state index contributed by atoms with van der Waals surface area (Å²) in [4.78, 5) is 0. The summed E-state index contributed by atoms with van der Waals surface area (Å²) in [6.07, 6.45) is 0.930. The van der Waals surface area contributed by atoms with E-state index in [1.54, 1.807) is 12.1 Å². The number of hydrogen-bond acceptors (Lipinski definition) is 1. The van der Waals surface area contributed by atoms with Crippen LogP contribution in [0.5, 0.6) is 0 Å². The molecule has 0 heterocycles. The van der Waals surface area contributed by atoms with Crippen molar-refractivity contribution in [2.75, 3.05) is 6.54 Å². The summed E-state index contributed by atoms with van der Waals surface area (Å²) in [6.45, 7) is 1.39. The van der Waals surface area contributed by atoms with Crippen LogP contribution in [0.15, 0.2) is 54.6 Å². The Labute approximate surface area is 124 Å². The molecule has 104 valence electrons. The number of halogens is 1. The van der Waals surface area contributed by atoms with Gasteiger partial charge >= 0.3 is 0 Å². The third-order valence-corrected chi connectivity index (χ3v) is 3.20. The number of nitrogens with one attached hydrogen (secondary N) is 2. The third kappa shape index (κ3) is 4.97. The molecule has 0 fully saturated rings. The highest BCUT2D eigenvalue weighted by Crippen LogP contribution is 2.02. The van der Waals surface area contributed by atoms with Crippen molar-refractivity contribution in [2.45, 2.75) is 13.0 Å². The Bertz CT molecular complexity index is 540. The molecule has 0 unspecified atom stereocenters. The summed E-state index contributed by atoms with van der Waals surface area (Å²) in [5.74, 6) is -0.225. The molecule has 0 radical (unpaired) electrons. The van der Waals surface area contributed by atoms with Crippen molar-refractivity contribution >= 4 is 17.3 Å². The van der Waals surface area contributed by atoms with Crippen LogP contribution in [0.3, 0.4) is 0 Å². The van der Waals surface area contributed by atoms with E-state index in [0.29, 0.717) is 11.7 Å². The van der Waals surface area contributed by atoms with Crippen LogP contribution in [-0.2, 0) is 13.0 Å². The molecule has 0 bridgehead atoms. The van der Waals surface area contributed by atoms with Gasteiger partial charge in [0.05, 0.1) is 0 Å². The van der Waals surface area contributed by atoms with E-state index in [9.17, 15) is 4.39 Å². The molecule has 0 amide bonds. The van der Waals surface area contributed by atoms with E-state index in [0.717, 1.165) is 18.5 Å². The first-order valence-electron chi connectivity index (χ1n) is 6.54. The molecule has 2 rings (SSSR count). The van der Waals surface area contributed by atoms with Gasteiger partial charge in [-0.3, -0.25) is 0 Å². The fraction of sp³-hybridized carbons (Fsp3) is 0.188. The fourth-order valence-electron chi connectivity index (χ4n) is 1.81. The van der Waals surface area contributed by atoms with Crippen molar-refractivity contribution in [3.8, 4) is 0 Å². The zero-order valence-corrected chi connectivity index (χ0v) is 11.9. The third-order valence-electron chi connectivity index (χ3n) is 2.91. The lowest BCUT2D eigenvalue weighted by Gasteiger charge is -2.10. The molecule has 0 atom stereocenters. The zero-order chi connectivity index (χ0) is 14.2. The minimum atomic E-state index is -0.225. The summed E-state index contributed by atoms with van der Waals surface area (Å²) in [5, 5.41) is 6.88.